The summed E-state index contributed by atoms with van der Waals surface area (Å²) >= 11 is 0. The molecule has 0 aromatic heterocycles. The summed E-state index contributed by atoms with van der Waals surface area (Å²) in [6.45, 7) is 5.53. The predicted octanol–water partition coefficient (Wildman–Crippen LogP) is 2.62. The van der Waals surface area contributed by atoms with Crippen LogP contribution in [0.2, 0.25) is 0 Å². The minimum atomic E-state index is -0.666. The van der Waals surface area contributed by atoms with Gasteiger partial charge in [-0.25, -0.2) is 0 Å². The first-order valence-corrected chi connectivity index (χ1v) is 9.42. The van der Waals surface area contributed by atoms with Gasteiger partial charge in [-0.15, -0.1) is 0 Å². The first-order chi connectivity index (χ1) is 12.5. The van der Waals surface area contributed by atoms with Crippen molar-refractivity contribution in [3.8, 4) is 0 Å². The number of esters is 1. The highest BCUT2D eigenvalue weighted by atomic mass is 16.6. The average molecular weight is 355 g/mol. The first-order valence-electron chi connectivity index (χ1n) is 9.42. The van der Waals surface area contributed by atoms with Gasteiger partial charge in [0.1, 0.15) is 11.5 Å². The third kappa shape index (κ3) is 2.75. The summed E-state index contributed by atoms with van der Waals surface area (Å²) in [5.74, 6) is -1.29. The summed E-state index contributed by atoms with van der Waals surface area (Å²) in [5, 5.41) is 0. The number of carbonyl (C=O) groups is 2. The van der Waals surface area contributed by atoms with Crippen LogP contribution < -0.4 is 0 Å². The number of nitrogens with zero attached hydrogens (tertiary/aromatic N) is 1. The number of benzene rings is 1. The standard InChI is InChI=1S/C21H25NO4/c1-3-4-11-25-20(24)17-16-9-10-21(26-16)13-22(19(23)18(17)21)12-15-7-5-14(2)6-8-15/h5-10,16-18H,3-4,11-13H2,1-2H3/t16-,17-,18+,21+/m1/s1. The van der Waals surface area contributed by atoms with Crippen molar-refractivity contribution in [1.29, 1.82) is 0 Å². The number of carbonyl (C=O) groups excluding carboxylic acids is 2. The Hall–Kier alpha value is -2.14. The lowest BCUT2D eigenvalue weighted by atomic mass is 9.77. The minimum absolute atomic E-state index is 0.00475. The zero-order valence-corrected chi connectivity index (χ0v) is 15.3. The van der Waals surface area contributed by atoms with Gasteiger partial charge in [-0.3, -0.25) is 9.59 Å². The Kier molecular flexibility index (Phi) is 4.35. The molecule has 4 rings (SSSR count). The van der Waals surface area contributed by atoms with E-state index < -0.39 is 17.4 Å². The van der Waals surface area contributed by atoms with Crippen LogP contribution in [0.3, 0.4) is 0 Å². The van der Waals surface area contributed by atoms with E-state index in [-0.39, 0.29) is 18.0 Å². The van der Waals surface area contributed by atoms with Crippen LogP contribution in [0.25, 0.3) is 0 Å². The van der Waals surface area contributed by atoms with Crippen molar-refractivity contribution >= 4 is 11.9 Å². The van der Waals surface area contributed by atoms with E-state index in [4.69, 9.17) is 9.47 Å². The third-order valence-corrected chi connectivity index (χ3v) is 5.69. The molecule has 4 atom stereocenters. The van der Waals surface area contributed by atoms with Crippen LogP contribution in [-0.2, 0) is 25.6 Å². The van der Waals surface area contributed by atoms with Gasteiger partial charge < -0.3 is 14.4 Å². The number of hydrogen-bond donors (Lipinski definition) is 0. The lowest BCUT2D eigenvalue weighted by Crippen LogP contribution is -2.40. The van der Waals surface area contributed by atoms with Crippen LogP contribution in [0.4, 0.5) is 0 Å². The highest BCUT2D eigenvalue weighted by molar-refractivity contribution is 5.91. The van der Waals surface area contributed by atoms with Crippen molar-refractivity contribution in [3.05, 3.63) is 47.5 Å². The first kappa shape index (κ1) is 17.3. The van der Waals surface area contributed by atoms with Gasteiger partial charge in [0.05, 0.1) is 25.2 Å². The molecule has 0 aliphatic carbocycles. The van der Waals surface area contributed by atoms with E-state index in [9.17, 15) is 9.59 Å². The highest BCUT2D eigenvalue weighted by Crippen LogP contribution is 2.52. The SMILES string of the molecule is CCCCOC(=O)[C@H]1[C@H]2C(=O)N(Cc3ccc(C)cc3)C[C@@]23C=C[C@H]1O3. The molecular formula is C21H25NO4. The van der Waals surface area contributed by atoms with Gasteiger partial charge in [0, 0.05) is 6.54 Å². The van der Waals surface area contributed by atoms with E-state index >= 15 is 0 Å². The molecule has 26 heavy (non-hydrogen) atoms. The van der Waals surface area contributed by atoms with Crippen molar-refractivity contribution in [3.63, 3.8) is 0 Å². The lowest BCUT2D eigenvalue weighted by molar-refractivity contribution is -0.154. The average Bonchev–Trinajstić information content (AvgIpc) is 3.26. The van der Waals surface area contributed by atoms with E-state index in [2.05, 4.69) is 6.92 Å². The molecule has 0 unspecified atom stereocenters. The van der Waals surface area contributed by atoms with Crippen LogP contribution in [0, 0.1) is 18.8 Å². The Balaban J connectivity index is 1.51. The molecule has 0 N–H and O–H groups in total. The number of amides is 1. The maximum atomic E-state index is 13.1. The molecule has 1 amide bonds. The fourth-order valence-corrected chi connectivity index (χ4v) is 4.31. The maximum Gasteiger partial charge on any atom is 0.312 e. The van der Waals surface area contributed by atoms with Gasteiger partial charge in [0.25, 0.3) is 0 Å². The van der Waals surface area contributed by atoms with Crippen molar-refractivity contribution in [1.82, 2.24) is 4.90 Å². The van der Waals surface area contributed by atoms with Crippen LogP contribution in [0.1, 0.15) is 30.9 Å². The molecule has 1 spiro atoms. The molecule has 3 aliphatic heterocycles. The number of hydrogen-bond acceptors (Lipinski definition) is 4. The Morgan fingerprint density at radius 1 is 1.35 bits per heavy atom. The topological polar surface area (TPSA) is 55.8 Å². The normalized spacial score (nSPS) is 31.5. The summed E-state index contributed by atoms with van der Waals surface area (Å²) in [6, 6.07) is 8.17. The number of unbranched alkanes of at least 4 members (excludes halogenated alkanes) is 1. The second kappa shape index (κ2) is 6.54. The molecule has 5 heteroatoms. The Morgan fingerprint density at radius 3 is 2.85 bits per heavy atom. The van der Waals surface area contributed by atoms with Gasteiger partial charge in [0.2, 0.25) is 5.91 Å². The van der Waals surface area contributed by atoms with Gasteiger partial charge in [0.15, 0.2) is 0 Å². The monoisotopic (exact) mass is 355 g/mol. The molecule has 0 radical (unpaired) electrons. The molecule has 5 nitrogen and oxygen atoms in total. The zero-order valence-electron chi connectivity index (χ0n) is 15.3. The van der Waals surface area contributed by atoms with Crippen LogP contribution >= 0.6 is 0 Å². The van der Waals surface area contributed by atoms with Crippen molar-refractivity contribution < 1.29 is 19.1 Å². The molecule has 2 fully saturated rings. The molecule has 1 aromatic rings. The fourth-order valence-electron chi connectivity index (χ4n) is 4.31. The molecule has 0 saturated carbocycles. The summed E-state index contributed by atoms with van der Waals surface area (Å²) in [5.41, 5.74) is 1.61. The minimum Gasteiger partial charge on any atom is -0.465 e. The summed E-state index contributed by atoms with van der Waals surface area (Å²) < 4.78 is 11.5. The molecule has 2 saturated heterocycles. The van der Waals surface area contributed by atoms with Crippen molar-refractivity contribution in [2.45, 2.75) is 44.9 Å². The number of fused-ring (bicyclic) bond motifs is 1. The van der Waals surface area contributed by atoms with Crippen LogP contribution in [0.5, 0.6) is 0 Å². The molecule has 2 bridgehead atoms. The molecule has 1 aromatic carbocycles. The smallest absolute Gasteiger partial charge is 0.312 e. The van der Waals surface area contributed by atoms with Gasteiger partial charge in [-0.1, -0.05) is 55.3 Å². The summed E-state index contributed by atoms with van der Waals surface area (Å²) in [7, 11) is 0. The van der Waals surface area contributed by atoms with Crippen LogP contribution in [-0.4, -0.2) is 41.6 Å². The number of ether oxygens (including phenoxy) is 2. The number of aryl methyl sites for hydroxylation is 1. The molecular weight excluding hydrogens is 330 g/mol. The third-order valence-electron chi connectivity index (χ3n) is 5.69. The molecule has 3 heterocycles. The van der Waals surface area contributed by atoms with Gasteiger partial charge >= 0.3 is 5.97 Å². The summed E-state index contributed by atoms with van der Waals surface area (Å²) in [4.78, 5) is 27.5. The maximum absolute atomic E-state index is 13.1. The zero-order chi connectivity index (χ0) is 18.3. The van der Waals surface area contributed by atoms with E-state index in [1.54, 1.807) is 0 Å². The van der Waals surface area contributed by atoms with Gasteiger partial charge in [-0.2, -0.15) is 0 Å². The Morgan fingerprint density at radius 2 is 2.12 bits per heavy atom. The van der Waals surface area contributed by atoms with E-state index in [1.165, 1.54) is 5.56 Å². The van der Waals surface area contributed by atoms with E-state index in [0.717, 1.165) is 18.4 Å². The molecule has 138 valence electrons. The second-order valence-electron chi connectivity index (χ2n) is 7.60. The fraction of sp³-hybridized carbons (Fsp3) is 0.524. The molecule has 3 aliphatic rings. The Labute approximate surface area is 154 Å². The largest absolute Gasteiger partial charge is 0.465 e. The highest BCUT2D eigenvalue weighted by Gasteiger charge is 2.67. The van der Waals surface area contributed by atoms with Crippen molar-refractivity contribution in [2.75, 3.05) is 13.2 Å². The van der Waals surface area contributed by atoms with E-state index in [1.807, 2.05) is 48.2 Å². The predicted molar refractivity (Wildman–Crippen MR) is 96.2 cm³/mol. The van der Waals surface area contributed by atoms with Gasteiger partial charge in [-0.05, 0) is 18.9 Å². The van der Waals surface area contributed by atoms with Crippen LogP contribution in [0.15, 0.2) is 36.4 Å². The number of likely N-dealkylation sites (tertiary alicyclic amines) is 1. The lowest BCUT2D eigenvalue weighted by Gasteiger charge is -2.22. The summed E-state index contributed by atoms with van der Waals surface area (Å²) in [6.07, 6.45) is 5.37. The number of rotatable bonds is 6. The van der Waals surface area contributed by atoms with Crippen molar-refractivity contribution in [2.24, 2.45) is 11.8 Å². The van der Waals surface area contributed by atoms with E-state index in [0.29, 0.717) is 19.7 Å². The Bertz CT molecular complexity index is 741. The second-order valence-corrected chi connectivity index (χ2v) is 7.60. The quantitative estimate of drug-likeness (QED) is 0.447.